The highest BCUT2D eigenvalue weighted by Crippen LogP contribution is 2.22. The van der Waals surface area contributed by atoms with E-state index in [1.807, 2.05) is 17.6 Å². The van der Waals surface area contributed by atoms with Crippen molar-refractivity contribution >= 4 is 0 Å². The van der Waals surface area contributed by atoms with Gasteiger partial charge >= 0.3 is 0 Å². The van der Waals surface area contributed by atoms with Gasteiger partial charge in [0, 0.05) is 11.7 Å². The van der Waals surface area contributed by atoms with Crippen LogP contribution in [-0.4, -0.2) is 9.55 Å². The zero-order valence-electron chi connectivity index (χ0n) is 10.9. The fourth-order valence-corrected chi connectivity index (χ4v) is 1.97. The van der Waals surface area contributed by atoms with Gasteiger partial charge in [0.15, 0.2) is 0 Å². The lowest BCUT2D eigenvalue weighted by Gasteiger charge is -2.18. The van der Waals surface area contributed by atoms with Crippen LogP contribution >= 0.6 is 0 Å². The molecule has 4 heteroatoms. The van der Waals surface area contributed by atoms with Crippen LogP contribution in [0.5, 0.6) is 0 Å². The lowest BCUT2D eigenvalue weighted by atomic mass is 10.0. The largest absolute Gasteiger partial charge is 0.322 e. The third-order valence-electron chi connectivity index (χ3n) is 3.03. The van der Waals surface area contributed by atoms with Crippen molar-refractivity contribution in [1.82, 2.24) is 9.55 Å². The van der Waals surface area contributed by atoms with Gasteiger partial charge < -0.3 is 10.3 Å². The van der Waals surface area contributed by atoms with E-state index in [4.69, 9.17) is 5.73 Å². The quantitative estimate of drug-likeness (QED) is 0.906. The molecule has 2 rings (SSSR count). The summed E-state index contributed by atoms with van der Waals surface area (Å²) in [5.41, 5.74) is 8.68. The average molecular weight is 247 g/mol. The molecular formula is C14H18FN3. The topological polar surface area (TPSA) is 43.8 Å². The Kier molecular flexibility index (Phi) is 3.48. The van der Waals surface area contributed by atoms with E-state index in [-0.39, 0.29) is 11.9 Å². The second kappa shape index (κ2) is 4.90. The molecule has 0 aliphatic heterocycles. The summed E-state index contributed by atoms with van der Waals surface area (Å²) in [7, 11) is 0. The monoisotopic (exact) mass is 247 g/mol. The van der Waals surface area contributed by atoms with E-state index in [9.17, 15) is 4.39 Å². The molecule has 0 aliphatic rings. The van der Waals surface area contributed by atoms with Gasteiger partial charge in [-0.1, -0.05) is 13.8 Å². The first-order valence-corrected chi connectivity index (χ1v) is 6.04. The maximum Gasteiger partial charge on any atom is 0.125 e. The van der Waals surface area contributed by atoms with E-state index in [0.717, 1.165) is 16.9 Å². The summed E-state index contributed by atoms with van der Waals surface area (Å²) in [4.78, 5) is 4.12. The van der Waals surface area contributed by atoms with Crippen molar-refractivity contribution in [2.75, 3.05) is 0 Å². The lowest BCUT2D eigenvalue weighted by molar-refractivity contribution is 0.496. The first-order chi connectivity index (χ1) is 8.49. The van der Waals surface area contributed by atoms with E-state index in [0.29, 0.717) is 5.92 Å². The molecule has 0 radical (unpaired) electrons. The normalized spacial score (nSPS) is 13.0. The van der Waals surface area contributed by atoms with Crippen LogP contribution in [-0.2, 0) is 0 Å². The number of imidazole rings is 1. The summed E-state index contributed by atoms with van der Waals surface area (Å²) < 4.78 is 15.3. The summed E-state index contributed by atoms with van der Waals surface area (Å²) in [6, 6.07) is 4.80. The van der Waals surface area contributed by atoms with Gasteiger partial charge in [-0.25, -0.2) is 9.37 Å². The molecule has 1 atom stereocenters. The van der Waals surface area contributed by atoms with Gasteiger partial charge in [-0.2, -0.15) is 0 Å². The number of aryl methyl sites for hydroxylation is 1. The highest BCUT2D eigenvalue weighted by molar-refractivity contribution is 5.38. The van der Waals surface area contributed by atoms with Crippen LogP contribution in [0.1, 0.15) is 31.1 Å². The molecular weight excluding hydrogens is 229 g/mol. The zero-order valence-corrected chi connectivity index (χ0v) is 10.9. The van der Waals surface area contributed by atoms with Crippen LogP contribution in [0, 0.1) is 18.7 Å². The van der Waals surface area contributed by atoms with Crippen LogP contribution < -0.4 is 5.73 Å². The van der Waals surface area contributed by atoms with Crippen molar-refractivity contribution in [2.45, 2.75) is 26.8 Å². The Labute approximate surface area is 106 Å². The highest BCUT2D eigenvalue weighted by atomic mass is 19.1. The molecule has 1 aromatic carbocycles. The number of nitrogens with two attached hydrogens (primary N) is 1. The summed E-state index contributed by atoms with van der Waals surface area (Å²) >= 11 is 0. The van der Waals surface area contributed by atoms with Gasteiger partial charge in [0.2, 0.25) is 0 Å². The maximum atomic E-state index is 13.4. The molecule has 0 saturated carbocycles. The van der Waals surface area contributed by atoms with Crippen molar-refractivity contribution in [3.63, 3.8) is 0 Å². The molecule has 0 spiro atoms. The van der Waals surface area contributed by atoms with Crippen molar-refractivity contribution in [1.29, 1.82) is 0 Å². The molecule has 96 valence electrons. The van der Waals surface area contributed by atoms with E-state index in [1.165, 1.54) is 12.1 Å². The Morgan fingerprint density at radius 2 is 2.00 bits per heavy atom. The summed E-state index contributed by atoms with van der Waals surface area (Å²) in [6.45, 7) is 5.98. The molecule has 0 amide bonds. The second-order valence-electron chi connectivity index (χ2n) is 4.95. The summed E-state index contributed by atoms with van der Waals surface area (Å²) in [5, 5.41) is 0. The molecule has 1 unspecified atom stereocenters. The Balaban J connectivity index is 2.48. The Hall–Kier alpha value is -1.68. The number of halogens is 1. The number of hydrogen-bond acceptors (Lipinski definition) is 2. The fourth-order valence-electron chi connectivity index (χ4n) is 1.97. The minimum atomic E-state index is -0.247. The minimum Gasteiger partial charge on any atom is -0.322 e. The third kappa shape index (κ3) is 2.43. The lowest BCUT2D eigenvalue weighted by Crippen LogP contribution is -2.19. The van der Waals surface area contributed by atoms with Gasteiger partial charge in [-0.3, -0.25) is 0 Å². The summed E-state index contributed by atoms with van der Waals surface area (Å²) in [5.74, 6) is 0.0536. The first kappa shape index (κ1) is 12.8. The molecule has 0 saturated heterocycles. The number of benzene rings is 1. The second-order valence-corrected chi connectivity index (χ2v) is 4.95. The van der Waals surface area contributed by atoms with Gasteiger partial charge in [0.05, 0.1) is 18.2 Å². The smallest absolute Gasteiger partial charge is 0.125 e. The number of rotatable bonds is 3. The van der Waals surface area contributed by atoms with Gasteiger partial charge in [0.25, 0.3) is 0 Å². The molecule has 1 aromatic heterocycles. The van der Waals surface area contributed by atoms with Crippen molar-refractivity contribution < 1.29 is 4.39 Å². The van der Waals surface area contributed by atoms with Crippen LogP contribution in [0.3, 0.4) is 0 Å². The minimum absolute atomic E-state index is 0.115. The van der Waals surface area contributed by atoms with E-state index in [1.54, 1.807) is 12.5 Å². The van der Waals surface area contributed by atoms with E-state index in [2.05, 4.69) is 18.8 Å². The van der Waals surface area contributed by atoms with Gasteiger partial charge in [-0.15, -0.1) is 0 Å². The number of nitrogens with zero attached hydrogens (tertiary/aromatic N) is 2. The summed E-state index contributed by atoms with van der Waals surface area (Å²) in [6.07, 6.45) is 3.41. The Bertz CT molecular complexity index is 525. The van der Waals surface area contributed by atoms with Crippen molar-refractivity contribution in [3.8, 4) is 5.69 Å². The molecule has 0 bridgehead atoms. The van der Waals surface area contributed by atoms with Crippen molar-refractivity contribution in [2.24, 2.45) is 11.7 Å². The number of hydrogen-bond donors (Lipinski definition) is 1. The van der Waals surface area contributed by atoms with Crippen LogP contribution in [0.4, 0.5) is 4.39 Å². The zero-order chi connectivity index (χ0) is 13.3. The average Bonchev–Trinajstić information content (AvgIpc) is 2.75. The van der Waals surface area contributed by atoms with Crippen molar-refractivity contribution in [3.05, 3.63) is 47.8 Å². The third-order valence-corrected chi connectivity index (χ3v) is 3.03. The number of aromatic nitrogens is 2. The van der Waals surface area contributed by atoms with Gasteiger partial charge in [0.1, 0.15) is 5.82 Å². The van der Waals surface area contributed by atoms with Crippen LogP contribution in [0.15, 0.2) is 30.7 Å². The molecule has 2 N–H and O–H groups in total. The maximum absolute atomic E-state index is 13.4. The first-order valence-electron chi connectivity index (χ1n) is 6.04. The molecule has 2 aromatic rings. The van der Waals surface area contributed by atoms with Gasteiger partial charge in [-0.05, 0) is 36.6 Å². The molecule has 3 nitrogen and oxygen atoms in total. The molecule has 0 aliphatic carbocycles. The van der Waals surface area contributed by atoms with Crippen LogP contribution in [0.2, 0.25) is 0 Å². The predicted molar refractivity (Wildman–Crippen MR) is 70.0 cm³/mol. The highest BCUT2D eigenvalue weighted by Gasteiger charge is 2.16. The van der Waals surface area contributed by atoms with E-state index < -0.39 is 0 Å². The van der Waals surface area contributed by atoms with E-state index >= 15 is 0 Å². The molecule has 1 heterocycles. The SMILES string of the molecule is Cc1cc(F)cc(-n2cncc2C(N)C(C)C)c1. The fraction of sp³-hybridized carbons (Fsp3) is 0.357. The van der Waals surface area contributed by atoms with Crippen LogP contribution in [0.25, 0.3) is 5.69 Å². The Morgan fingerprint density at radius 3 is 2.61 bits per heavy atom. The predicted octanol–water partition coefficient (Wildman–Crippen LogP) is 2.98. The molecule has 18 heavy (non-hydrogen) atoms. The standard InChI is InChI=1S/C14H18FN3/c1-9(2)14(16)13-7-17-8-18(13)12-5-10(3)4-11(15)6-12/h4-9,14H,16H2,1-3H3. The Morgan fingerprint density at radius 1 is 1.28 bits per heavy atom. The molecule has 0 fully saturated rings.